The number of piperazine rings is 1. The van der Waals surface area contributed by atoms with E-state index >= 15 is 4.39 Å². The molecule has 0 bridgehead atoms. The Labute approximate surface area is 237 Å². The van der Waals surface area contributed by atoms with Crippen LogP contribution in [0.4, 0.5) is 15.8 Å². The van der Waals surface area contributed by atoms with Gasteiger partial charge in [-0.2, -0.15) is 0 Å². The minimum atomic E-state index is -1.04. The quantitative estimate of drug-likeness (QED) is 0.216. The first-order valence-electron chi connectivity index (χ1n) is 14.6. The largest absolute Gasteiger partial charge is 0.368 e. The van der Waals surface area contributed by atoms with Crippen molar-refractivity contribution in [2.75, 3.05) is 36.0 Å². The van der Waals surface area contributed by atoms with E-state index in [1.165, 1.54) is 44.0 Å². The first kappa shape index (κ1) is 25.1. The Morgan fingerprint density at radius 3 is 2.25 bits per heavy atom. The zero-order valence-corrected chi connectivity index (χ0v) is 23.7. The molecule has 1 saturated heterocycles. The number of benzene rings is 5. The molecule has 40 heavy (non-hydrogen) atoms. The first-order valence-corrected chi connectivity index (χ1v) is 14.6. The van der Waals surface area contributed by atoms with E-state index in [1.807, 2.05) is 0 Å². The summed E-state index contributed by atoms with van der Waals surface area (Å²) in [5.74, 6) is -0.189. The number of hydrogen-bond acceptors (Lipinski definition) is 2. The minimum Gasteiger partial charge on any atom is -0.368 e. The first-order chi connectivity index (χ1) is 19.4. The normalized spacial score (nSPS) is 20.6. The molecule has 5 aromatic rings. The maximum atomic E-state index is 16.7. The number of para-hydroxylation sites is 1. The zero-order chi connectivity index (χ0) is 27.4. The van der Waals surface area contributed by atoms with Crippen molar-refractivity contribution in [3.8, 4) is 0 Å². The van der Waals surface area contributed by atoms with Crippen molar-refractivity contribution in [2.45, 2.75) is 39.3 Å². The summed E-state index contributed by atoms with van der Waals surface area (Å²) in [6.45, 7) is 10.6. The Morgan fingerprint density at radius 1 is 0.700 bits per heavy atom. The number of aryl methyl sites for hydroxylation is 1. The highest BCUT2D eigenvalue weighted by Gasteiger charge is 2.44. The standard InChI is InChI=1S/C37H37FN2/c1-25-9-4-7-14-34(25)40-21-19-39(20-22-40)28-12-8-11-27(23-28)35-36(38)32-18-17-30-29-13-6-5-10-26(29)15-16-31(30)33(32)24-37(35,2)3/h4-18,23,35-36H,19-22,24H2,1-3H3. The van der Waals surface area contributed by atoms with E-state index < -0.39 is 6.17 Å². The van der Waals surface area contributed by atoms with E-state index in [2.05, 4.69) is 128 Å². The van der Waals surface area contributed by atoms with E-state index in [9.17, 15) is 0 Å². The molecular formula is C37H37FN2. The Morgan fingerprint density at radius 2 is 1.43 bits per heavy atom. The average Bonchev–Trinajstić information content (AvgIpc) is 2.97. The third kappa shape index (κ3) is 4.15. The molecule has 2 atom stereocenters. The molecule has 2 nitrogen and oxygen atoms in total. The van der Waals surface area contributed by atoms with E-state index in [1.54, 1.807) is 0 Å². The molecule has 0 radical (unpaired) electrons. The van der Waals surface area contributed by atoms with E-state index in [4.69, 9.17) is 0 Å². The van der Waals surface area contributed by atoms with Crippen molar-refractivity contribution < 1.29 is 4.39 Å². The van der Waals surface area contributed by atoms with Crippen LogP contribution in [0.15, 0.2) is 97.1 Å². The molecule has 3 heteroatoms. The molecule has 2 unspecified atom stereocenters. The monoisotopic (exact) mass is 528 g/mol. The number of alkyl halides is 1. The maximum Gasteiger partial charge on any atom is 0.133 e. The van der Waals surface area contributed by atoms with Gasteiger partial charge in [-0.25, -0.2) is 4.39 Å². The highest BCUT2D eigenvalue weighted by Crippen LogP contribution is 2.54. The van der Waals surface area contributed by atoms with Crippen molar-refractivity contribution in [1.29, 1.82) is 0 Å². The minimum absolute atomic E-state index is 0.189. The van der Waals surface area contributed by atoms with Gasteiger partial charge in [-0.1, -0.05) is 92.7 Å². The topological polar surface area (TPSA) is 6.48 Å². The van der Waals surface area contributed by atoms with Gasteiger partial charge in [-0.05, 0) is 80.8 Å². The second kappa shape index (κ2) is 9.66. The Bertz CT molecular complexity index is 1710. The molecule has 1 heterocycles. The lowest BCUT2D eigenvalue weighted by Gasteiger charge is -2.43. The van der Waals surface area contributed by atoms with E-state index in [0.717, 1.165) is 43.7 Å². The average molecular weight is 529 g/mol. The van der Waals surface area contributed by atoms with Crippen LogP contribution < -0.4 is 9.80 Å². The molecule has 5 aromatic carbocycles. The molecule has 0 saturated carbocycles. The van der Waals surface area contributed by atoms with Crippen LogP contribution in [0.1, 0.15) is 48.2 Å². The number of rotatable bonds is 3. The molecule has 1 aliphatic carbocycles. The SMILES string of the molecule is Cc1ccccc1N1CCN(c2cccc(C3C(F)c4ccc5c(ccc6ccccc65)c4CC3(C)C)c2)CC1. The molecule has 2 aliphatic rings. The van der Waals surface area contributed by atoms with Gasteiger partial charge in [-0.15, -0.1) is 0 Å². The fourth-order valence-electron chi connectivity index (χ4n) is 7.42. The molecule has 0 spiro atoms. The van der Waals surface area contributed by atoms with Crippen molar-refractivity contribution in [2.24, 2.45) is 5.41 Å². The molecule has 1 fully saturated rings. The lowest BCUT2D eigenvalue weighted by atomic mass is 9.62. The van der Waals surface area contributed by atoms with Gasteiger partial charge in [0.25, 0.3) is 0 Å². The smallest absolute Gasteiger partial charge is 0.133 e. The van der Waals surface area contributed by atoms with Crippen molar-refractivity contribution in [1.82, 2.24) is 0 Å². The van der Waals surface area contributed by atoms with Gasteiger partial charge in [0.2, 0.25) is 0 Å². The van der Waals surface area contributed by atoms with Crippen LogP contribution >= 0.6 is 0 Å². The molecule has 0 N–H and O–H groups in total. The van der Waals surface area contributed by atoms with Crippen LogP contribution in [0.2, 0.25) is 0 Å². The van der Waals surface area contributed by atoms with Gasteiger partial charge in [0.15, 0.2) is 0 Å². The predicted molar refractivity (Wildman–Crippen MR) is 168 cm³/mol. The fourth-order valence-corrected chi connectivity index (χ4v) is 7.42. The summed E-state index contributed by atoms with van der Waals surface area (Å²) in [4.78, 5) is 4.95. The maximum absolute atomic E-state index is 16.7. The third-order valence-corrected chi connectivity index (χ3v) is 9.47. The zero-order valence-electron chi connectivity index (χ0n) is 23.7. The molecule has 0 amide bonds. The van der Waals surface area contributed by atoms with Crippen molar-refractivity contribution in [3.05, 3.63) is 119 Å². The number of fused-ring (bicyclic) bond motifs is 5. The second-order valence-corrected chi connectivity index (χ2v) is 12.4. The number of nitrogens with zero attached hydrogens (tertiary/aromatic N) is 2. The van der Waals surface area contributed by atoms with E-state index in [-0.39, 0.29) is 11.3 Å². The Balaban J connectivity index is 1.19. The van der Waals surface area contributed by atoms with Gasteiger partial charge in [-0.3, -0.25) is 0 Å². The third-order valence-electron chi connectivity index (χ3n) is 9.47. The highest BCUT2D eigenvalue weighted by molar-refractivity contribution is 6.08. The molecule has 0 aromatic heterocycles. The summed E-state index contributed by atoms with van der Waals surface area (Å²) in [5.41, 5.74) is 6.81. The predicted octanol–water partition coefficient (Wildman–Crippen LogP) is 9.00. The summed E-state index contributed by atoms with van der Waals surface area (Å²) < 4.78 is 16.7. The van der Waals surface area contributed by atoms with Gasteiger partial charge in [0.1, 0.15) is 6.17 Å². The molecule has 202 valence electrons. The van der Waals surface area contributed by atoms with Crippen molar-refractivity contribution in [3.63, 3.8) is 0 Å². The number of anilines is 2. The number of halogens is 1. The summed E-state index contributed by atoms with van der Waals surface area (Å²) in [7, 11) is 0. The van der Waals surface area contributed by atoms with E-state index in [0.29, 0.717) is 0 Å². The molecule has 7 rings (SSSR count). The molecular weight excluding hydrogens is 491 g/mol. The lowest BCUT2D eigenvalue weighted by molar-refractivity contribution is 0.145. The Hall–Kier alpha value is -3.85. The van der Waals surface area contributed by atoms with Crippen molar-refractivity contribution >= 4 is 32.9 Å². The van der Waals surface area contributed by atoms with Gasteiger partial charge >= 0.3 is 0 Å². The van der Waals surface area contributed by atoms with Gasteiger partial charge in [0.05, 0.1) is 0 Å². The summed E-state index contributed by atoms with van der Waals surface area (Å²) in [6.07, 6.45) is -0.176. The summed E-state index contributed by atoms with van der Waals surface area (Å²) >= 11 is 0. The van der Waals surface area contributed by atoms with Gasteiger partial charge in [0, 0.05) is 43.5 Å². The van der Waals surface area contributed by atoms with Crippen LogP contribution in [0.25, 0.3) is 21.5 Å². The van der Waals surface area contributed by atoms with Crippen LogP contribution in [-0.2, 0) is 6.42 Å². The molecule has 1 aliphatic heterocycles. The number of hydrogen-bond donors (Lipinski definition) is 0. The highest BCUT2D eigenvalue weighted by atomic mass is 19.1. The second-order valence-electron chi connectivity index (χ2n) is 12.4. The van der Waals surface area contributed by atoms with Crippen LogP contribution in [0, 0.1) is 12.3 Å². The van der Waals surface area contributed by atoms with Crippen LogP contribution in [0.5, 0.6) is 0 Å². The van der Waals surface area contributed by atoms with Crippen LogP contribution in [0.3, 0.4) is 0 Å². The summed E-state index contributed by atoms with van der Waals surface area (Å²) in [5, 5.41) is 4.90. The Kier molecular flexibility index (Phi) is 6.07. The lowest BCUT2D eigenvalue weighted by Crippen LogP contribution is -2.46. The fraction of sp³-hybridized carbons (Fsp3) is 0.297. The van der Waals surface area contributed by atoms with Gasteiger partial charge < -0.3 is 9.80 Å². The summed E-state index contributed by atoms with van der Waals surface area (Å²) in [6, 6.07) is 34.5. The van der Waals surface area contributed by atoms with Crippen LogP contribution in [-0.4, -0.2) is 26.2 Å².